The van der Waals surface area contributed by atoms with Gasteiger partial charge in [-0.05, 0) is 35.9 Å². The number of nitrogens with zero attached hydrogens (tertiary/aromatic N) is 4. The summed E-state index contributed by atoms with van der Waals surface area (Å²) in [6, 6.07) is 6.61. The second kappa shape index (κ2) is 6.25. The lowest BCUT2D eigenvalue weighted by atomic mass is 10.0. The maximum Gasteiger partial charge on any atom is 0.176 e. The molecule has 1 unspecified atom stereocenters. The third kappa shape index (κ3) is 3.61. The van der Waals surface area contributed by atoms with E-state index in [-0.39, 0.29) is 6.04 Å². The Kier molecular flexibility index (Phi) is 4.66. The van der Waals surface area contributed by atoms with Crippen LogP contribution in [0, 0.1) is 6.92 Å². The van der Waals surface area contributed by atoms with E-state index >= 15 is 0 Å². The van der Waals surface area contributed by atoms with Crippen molar-refractivity contribution < 1.29 is 0 Å². The molecule has 0 aliphatic carbocycles. The number of aryl methyl sites for hydroxylation is 2. The number of likely N-dealkylation sites (N-methyl/N-ethyl adjacent to an activating group) is 1. The first kappa shape index (κ1) is 14.1. The van der Waals surface area contributed by atoms with E-state index in [9.17, 15) is 0 Å². The molecule has 0 aliphatic rings. The van der Waals surface area contributed by atoms with Crippen LogP contribution in [0.15, 0.2) is 22.7 Å². The van der Waals surface area contributed by atoms with Crippen molar-refractivity contribution in [2.45, 2.75) is 26.3 Å². The van der Waals surface area contributed by atoms with E-state index in [1.54, 1.807) is 7.05 Å². The smallest absolute Gasteiger partial charge is 0.176 e. The molecule has 0 radical (unpaired) electrons. The van der Waals surface area contributed by atoms with Crippen LogP contribution >= 0.6 is 15.9 Å². The zero-order chi connectivity index (χ0) is 13.8. The summed E-state index contributed by atoms with van der Waals surface area (Å²) in [5, 5.41) is 15.6. The molecule has 0 saturated heterocycles. The fraction of sp³-hybridized carbons (Fsp3) is 0.462. The summed E-state index contributed by atoms with van der Waals surface area (Å²) in [6.45, 7) is 5.10. The van der Waals surface area contributed by atoms with Gasteiger partial charge in [0.2, 0.25) is 0 Å². The van der Waals surface area contributed by atoms with E-state index in [1.807, 2.05) is 0 Å². The molecule has 2 rings (SSSR count). The Morgan fingerprint density at radius 3 is 2.79 bits per heavy atom. The first-order valence-electron chi connectivity index (χ1n) is 6.32. The first-order chi connectivity index (χ1) is 9.10. The Balaban J connectivity index is 2.21. The molecule has 1 N–H and O–H groups in total. The Morgan fingerprint density at radius 2 is 2.21 bits per heavy atom. The highest BCUT2D eigenvalue weighted by Gasteiger charge is 2.15. The Bertz CT molecular complexity index is 552. The van der Waals surface area contributed by atoms with Crippen LogP contribution in [0.5, 0.6) is 0 Å². The molecule has 1 atom stereocenters. The van der Waals surface area contributed by atoms with Crippen LogP contribution in [0.3, 0.4) is 0 Å². The molecule has 1 aromatic carbocycles. The third-order valence-electron chi connectivity index (χ3n) is 2.97. The summed E-state index contributed by atoms with van der Waals surface area (Å²) in [7, 11) is 1.78. The molecule has 0 fully saturated rings. The average Bonchev–Trinajstić information content (AvgIpc) is 2.78. The molecule has 0 saturated carbocycles. The SMILES string of the molecule is CCNC(Cc1nnn(C)n1)c1ccc(Br)c(C)c1. The van der Waals surface area contributed by atoms with E-state index in [0.29, 0.717) is 0 Å². The van der Waals surface area contributed by atoms with Gasteiger partial charge in [0.25, 0.3) is 0 Å². The van der Waals surface area contributed by atoms with Crippen molar-refractivity contribution in [2.75, 3.05) is 6.54 Å². The predicted molar refractivity (Wildman–Crippen MR) is 77.8 cm³/mol. The summed E-state index contributed by atoms with van der Waals surface area (Å²) < 4.78 is 1.13. The van der Waals surface area contributed by atoms with Crippen molar-refractivity contribution in [2.24, 2.45) is 7.05 Å². The Morgan fingerprint density at radius 1 is 1.42 bits per heavy atom. The number of hydrogen-bond acceptors (Lipinski definition) is 4. The van der Waals surface area contributed by atoms with Gasteiger partial charge in [-0.2, -0.15) is 4.80 Å². The van der Waals surface area contributed by atoms with Crippen LogP contribution in [0.4, 0.5) is 0 Å². The van der Waals surface area contributed by atoms with Crippen LogP contribution in [-0.2, 0) is 13.5 Å². The zero-order valence-electron chi connectivity index (χ0n) is 11.4. The lowest BCUT2D eigenvalue weighted by Gasteiger charge is -2.17. The molecule has 1 aromatic heterocycles. The summed E-state index contributed by atoms with van der Waals surface area (Å²) >= 11 is 3.53. The first-order valence-corrected chi connectivity index (χ1v) is 7.11. The minimum absolute atomic E-state index is 0.209. The summed E-state index contributed by atoms with van der Waals surface area (Å²) in [5.74, 6) is 0.758. The number of rotatable bonds is 5. The van der Waals surface area contributed by atoms with Gasteiger partial charge in [0.1, 0.15) is 0 Å². The number of nitrogens with one attached hydrogen (secondary N) is 1. The highest BCUT2D eigenvalue weighted by atomic mass is 79.9. The lowest BCUT2D eigenvalue weighted by Crippen LogP contribution is -2.23. The molecular formula is C13H18BrN5. The van der Waals surface area contributed by atoms with Crippen molar-refractivity contribution >= 4 is 15.9 Å². The summed E-state index contributed by atoms with van der Waals surface area (Å²) in [6.07, 6.45) is 0.739. The highest BCUT2D eigenvalue weighted by molar-refractivity contribution is 9.10. The van der Waals surface area contributed by atoms with Crippen LogP contribution < -0.4 is 5.32 Å². The normalized spacial score (nSPS) is 12.6. The Labute approximate surface area is 121 Å². The monoisotopic (exact) mass is 323 g/mol. The van der Waals surface area contributed by atoms with Crippen LogP contribution in [-0.4, -0.2) is 26.8 Å². The molecule has 19 heavy (non-hydrogen) atoms. The van der Waals surface area contributed by atoms with Gasteiger partial charge in [-0.1, -0.05) is 35.0 Å². The van der Waals surface area contributed by atoms with Gasteiger partial charge in [0.05, 0.1) is 7.05 Å². The second-order valence-corrected chi connectivity index (χ2v) is 5.37. The quantitative estimate of drug-likeness (QED) is 0.916. The van der Waals surface area contributed by atoms with Crippen molar-refractivity contribution in [1.82, 2.24) is 25.5 Å². The average molecular weight is 324 g/mol. The highest BCUT2D eigenvalue weighted by Crippen LogP contribution is 2.23. The van der Waals surface area contributed by atoms with Gasteiger partial charge in [-0.3, -0.25) is 0 Å². The molecule has 0 aliphatic heterocycles. The van der Waals surface area contributed by atoms with E-state index in [1.165, 1.54) is 15.9 Å². The van der Waals surface area contributed by atoms with Crippen molar-refractivity contribution in [3.63, 3.8) is 0 Å². The van der Waals surface area contributed by atoms with Crippen LogP contribution in [0.25, 0.3) is 0 Å². The number of tetrazole rings is 1. The molecule has 5 nitrogen and oxygen atoms in total. The summed E-state index contributed by atoms with van der Waals surface area (Å²) in [4.78, 5) is 1.49. The van der Waals surface area contributed by atoms with Crippen molar-refractivity contribution in [1.29, 1.82) is 0 Å². The molecule has 0 spiro atoms. The standard InChI is InChI=1S/C13H18BrN5/c1-4-15-12(8-13-16-18-19(3)17-13)10-5-6-11(14)9(2)7-10/h5-7,12,15H,4,8H2,1-3H3. The van der Waals surface area contributed by atoms with Crippen molar-refractivity contribution in [3.8, 4) is 0 Å². The van der Waals surface area contributed by atoms with E-state index in [2.05, 4.69) is 68.7 Å². The van der Waals surface area contributed by atoms with Crippen LogP contribution in [0.1, 0.15) is 29.9 Å². The van der Waals surface area contributed by atoms with E-state index < -0.39 is 0 Å². The minimum Gasteiger partial charge on any atom is -0.310 e. The lowest BCUT2D eigenvalue weighted by molar-refractivity contribution is 0.534. The molecule has 6 heteroatoms. The van der Waals surface area contributed by atoms with Gasteiger partial charge >= 0.3 is 0 Å². The maximum absolute atomic E-state index is 4.24. The fourth-order valence-electron chi connectivity index (χ4n) is 2.03. The summed E-state index contributed by atoms with van der Waals surface area (Å²) in [5.41, 5.74) is 2.47. The van der Waals surface area contributed by atoms with Gasteiger partial charge in [0.15, 0.2) is 5.82 Å². The number of halogens is 1. The topological polar surface area (TPSA) is 55.6 Å². The molecule has 2 aromatic rings. The van der Waals surface area contributed by atoms with Gasteiger partial charge in [-0.15, -0.1) is 10.2 Å². The molecule has 1 heterocycles. The Hall–Kier alpha value is -1.27. The largest absolute Gasteiger partial charge is 0.310 e. The molecular weight excluding hydrogens is 306 g/mol. The van der Waals surface area contributed by atoms with Gasteiger partial charge in [-0.25, -0.2) is 0 Å². The number of benzene rings is 1. The predicted octanol–water partition coefficient (Wildman–Crippen LogP) is 2.17. The minimum atomic E-state index is 0.209. The van der Waals surface area contributed by atoms with Gasteiger partial charge in [0, 0.05) is 16.9 Å². The van der Waals surface area contributed by atoms with Gasteiger partial charge < -0.3 is 5.32 Å². The fourth-order valence-corrected chi connectivity index (χ4v) is 2.27. The second-order valence-electron chi connectivity index (χ2n) is 4.52. The molecule has 0 amide bonds. The van der Waals surface area contributed by atoms with E-state index in [4.69, 9.17) is 0 Å². The molecule has 102 valence electrons. The van der Waals surface area contributed by atoms with E-state index in [0.717, 1.165) is 23.3 Å². The number of hydrogen-bond donors (Lipinski definition) is 1. The van der Waals surface area contributed by atoms with Crippen molar-refractivity contribution in [3.05, 3.63) is 39.6 Å². The maximum atomic E-state index is 4.24. The third-order valence-corrected chi connectivity index (χ3v) is 3.86. The number of aromatic nitrogens is 4. The zero-order valence-corrected chi connectivity index (χ0v) is 13.0. The van der Waals surface area contributed by atoms with Crippen LogP contribution in [0.2, 0.25) is 0 Å². The molecule has 0 bridgehead atoms.